The van der Waals surface area contributed by atoms with Crippen molar-refractivity contribution in [3.63, 3.8) is 0 Å². The number of anilines is 1. The Balaban J connectivity index is 1.37. The number of halogens is 2. The van der Waals surface area contributed by atoms with Crippen LogP contribution in [0.25, 0.3) is 22.9 Å². The van der Waals surface area contributed by atoms with E-state index in [-0.39, 0.29) is 12.5 Å². The second-order valence-corrected chi connectivity index (χ2v) is 7.11. The van der Waals surface area contributed by atoms with Crippen LogP contribution < -0.4 is 10.1 Å². The monoisotopic (exact) mass is 439 g/mol. The number of benzene rings is 3. The van der Waals surface area contributed by atoms with Crippen molar-refractivity contribution < 1.29 is 13.9 Å². The minimum absolute atomic E-state index is 0.187. The summed E-state index contributed by atoms with van der Waals surface area (Å²) in [4.78, 5) is 12.1. The Kier molecular flexibility index (Phi) is 5.97. The van der Waals surface area contributed by atoms with E-state index in [1.54, 1.807) is 42.5 Å². The molecule has 4 aromatic rings. The molecule has 3 aromatic carbocycles. The van der Waals surface area contributed by atoms with Crippen molar-refractivity contribution in [3.8, 4) is 28.7 Å². The highest BCUT2D eigenvalue weighted by Gasteiger charge is 2.11. The molecule has 0 saturated carbocycles. The number of hydrogen-bond donors (Lipinski definition) is 1. The predicted octanol–water partition coefficient (Wildman–Crippen LogP) is 5.73. The molecule has 8 heteroatoms. The summed E-state index contributed by atoms with van der Waals surface area (Å²) < 4.78 is 11.2. The maximum absolute atomic E-state index is 12.1. The maximum atomic E-state index is 12.1. The van der Waals surface area contributed by atoms with Crippen molar-refractivity contribution in [2.75, 3.05) is 11.9 Å². The lowest BCUT2D eigenvalue weighted by Gasteiger charge is -2.09. The van der Waals surface area contributed by atoms with E-state index < -0.39 is 0 Å². The molecule has 0 radical (unpaired) electrons. The van der Waals surface area contributed by atoms with E-state index in [1.165, 1.54) is 0 Å². The number of aromatic nitrogens is 2. The highest BCUT2D eigenvalue weighted by atomic mass is 35.5. The van der Waals surface area contributed by atoms with Crippen molar-refractivity contribution in [3.05, 3.63) is 82.8 Å². The van der Waals surface area contributed by atoms with Crippen LogP contribution in [0.4, 0.5) is 5.69 Å². The van der Waals surface area contributed by atoms with Gasteiger partial charge in [-0.2, -0.15) is 0 Å². The van der Waals surface area contributed by atoms with Gasteiger partial charge in [0.2, 0.25) is 11.8 Å². The van der Waals surface area contributed by atoms with E-state index in [1.807, 2.05) is 30.3 Å². The first-order valence-electron chi connectivity index (χ1n) is 8.95. The molecule has 0 saturated heterocycles. The molecule has 4 rings (SSSR count). The van der Waals surface area contributed by atoms with Gasteiger partial charge in [-0.25, -0.2) is 0 Å². The number of nitrogens with one attached hydrogen (secondary N) is 1. The molecule has 0 aliphatic heterocycles. The summed E-state index contributed by atoms with van der Waals surface area (Å²) in [5.41, 5.74) is 2.20. The first kappa shape index (κ1) is 19.9. The van der Waals surface area contributed by atoms with Crippen molar-refractivity contribution >= 4 is 34.8 Å². The zero-order chi connectivity index (χ0) is 20.9. The Hall–Kier alpha value is -3.35. The van der Waals surface area contributed by atoms with Gasteiger partial charge in [0, 0.05) is 21.8 Å². The van der Waals surface area contributed by atoms with Gasteiger partial charge in [0.25, 0.3) is 5.91 Å². The Morgan fingerprint density at radius 3 is 2.23 bits per heavy atom. The van der Waals surface area contributed by atoms with Crippen molar-refractivity contribution in [2.24, 2.45) is 0 Å². The molecule has 0 spiro atoms. The third kappa shape index (κ3) is 4.79. The molecule has 1 heterocycles. The van der Waals surface area contributed by atoms with E-state index in [9.17, 15) is 4.79 Å². The molecule has 0 atom stereocenters. The van der Waals surface area contributed by atoms with Gasteiger partial charge >= 0.3 is 0 Å². The highest BCUT2D eigenvalue weighted by molar-refractivity contribution is 6.35. The van der Waals surface area contributed by atoms with Crippen molar-refractivity contribution in [1.29, 1.82) is 0 Å². The first-order valence-corrected chi connectivity index (χ1v) is 9.71. The van der Waals surface area contributed by atoms with E-state index >= 15 is 0 Å². The van der Waals surface area contributed by atoms with Crippen LogP contribution in [0.5, 0.6) is 5.75 Å². The van der Waals surface area contributed by atoms with Crippen LogP contribution in [0.15, 0.2) is 77.2 Å². The summed E-state index contributed by atoms with van der Waals surface area (Å²) in [6.07, 6.45) is 0. The number of hydrogen-bond acceptors (Lipinski definition) is 5. The molecule has 0 aliphatic rings. The van der Waals surface area contributed by atoms with Crippen LogP contribution in [0.1, 0.15) is 0 Å². The number of amides is 1. The van der Waals surface area contributed by atoms with Gasteiger partial charge in [-0.3, -0.25) is 4.79 Å². The molecule has 30 heavy (non-hydrogen) atoms. The van der Waals surface area contributed by atoms with Crippen LogP contribution in [-0.2, 0) is 4.79 Å². The molecule has 6 nitrogen and oxygen atoms in total. The molecule has 0 unspecified atom stereocenters. The highest BCUT2D eigenvalue weighted by Crippen LogP contribution is 2.28. The average molecular weight is 440 g/mol. The second kappa shape index (κ2) is 8.98. The molecule has 1 aromatic heterocycles. The molecule has 1 N–H and O–H groups in total. The van der Waals surface area contributed by atoms with Crippen LogP contribution in [0.2, 0.25) is 10.0 Å². The van der Waals surface area contributed by atoms with Crippen LogP contribution in [0.3, 0.4) is 0 Å². The topological polar surface area (TPSA) is 77.2 Å². The van der Waals surface area contributed by atoms with Gasteiger partial charge in [0.1, 0.15) is 5.75 Å². The minimum atomic E-state index is -0.321. The summed E-state index contributed by atoms with van der Waals surface area (Å²) in [6.45, 7) is -0.187. The number of carbonyl (C=O) groups is 1. The van der Waals surface area contributed by atoms with Gasteiger partial charge in [0.05, 0.1) is 5.02 Å². The zero-order valence-corrected chi connectivity index (χ0v) is 17.0. The Labute approximate surface area is 182 Å². The summed E-state index contributed by atoms with van der Waals surface area (Å²) in [5.74, 6) is 0.906. The summed E-state index contributed by atoms with van der Waals surface area (Å²) in [7, 11) is 0. The normalized spacial score (nSPS) is 10.6. The fraction of sp³-hybridized carbons (Fsp3) is 0.0455. The third-order valence-electron chi connectivity index (χ3n) is 4.11. The third-order valence-corrected chi connectivity index (χ3v) is 4.64. The van der Waals surface area contributed by atoms with E-state index in [0.717, 1.165) is 11.1 Å². The van der Waals surface area contributed by atoms with Gasteiger partial charge in [-0.1, -0.05) is 41.4 Å². The molecule has 150 valence electrons. The summed E-state index contributed by atoms with van der Waals surface area (Å²) in [6, 6.07) is 21.4. The lowest BCUT2D eigenvalue weighted by Crippen LogP contribution is -2.20. The first-order chi connectivity index (χ1) is 14.6. The Bertz CT molecular complexity index is 1160. The standard InChI is InChI=1S/C22H15Cl2N3O3/c23-16-8-11-19(18(24)12-16)29-13-20(28)25-17-9-6-15(7-10-17)22-27-26-21(30-22)14-4-2-1-3-5-14/h1-12H,13H2,(H,25,28). The summed E-state index contributed by atoms with van der Waals surface area (Å²) in [5, 5.41) is 11.8. The molecule has 1 amide bonds. The fourth-order valence-electron chi connectivity index (χ4n) is 2.67. The van der Waals surface area contributed by atoms with Gasteiger partial charge < -0.3 is 14.5 Å². The number of nitrogens with zero attached hydrogens (tertiary/aromatic N) is 2. The molecule has 0 fully saturated rings. The van der Waals surface area contributed by atoms with Crippen LogP contribution in [0, 0.1) is 0 Å². The van der Waals surface area contributed by atoms with Crippen molar-refractivity contribution in [2.45, 2.75) is 0 Å². The molecular formula is C22H15Cl2N3O3. The van der Waals surface area contributed by atoms with Gasteiger partial charge in [0.15, 0.2) is 6.61 Å². The number of ether oxygens (including phenoxy) is 1. The molecule has 0 aliphatic carbocycles. The SMILES string of the molecule is O=C(COc1ccc(Cl)cc1Cl)Nc1ccc(-c2nnc(-c3ccccc3)o2)cc1. The van der Waals surface area contributed by atoms with Gasteiger partial charge in [-0.15, -0.1) is 10.2 Å². The number of carbonyl (C=O) groups excluding carboxylic acids is 1. The maximum Gasteiger partial charge on any atom is 0.262 e. The molecule has 0 bridgehead atoms. The Morgan fingerprint density at radius 1 is 0.900 bits per heavy atom. The molecular weight excluding hydrogens is 425 g/mol. The summed E-state index contributed by atoms with van der Waals surface area (Å²) >= 11 is 11.9. The predicted molar refractivity (Wildman–Crippen MR) is 116 cm³/mol. The van der Waals surface area contributed by atoms with E-state index in [0.29, 0.717) is 33.3 Å². The van der Waals surface area contributed by atoms with E-state index in [2.05, 4.69) is 15.5 Å². The quantitative estimate of drug-likeness (QED) is 0.415. The average Bonchev–Trinajstić information content (AvgIpc) is 3.25. The second-order valence-electron chi connectivity index (χ2n) is 6.27. The van der Waals surface area contributed by atoms with Crippen LogP contribution in [-0.4, -0.2) is 22.7 Å². The zero-order valence-electron chi connectivity index (χ0n) is 15.5. The number of rotatable bonds is 6. The van der Waals surface area contributed by atoms with Crippen molar-refractivity contribution in [1.82, 2.24) is 10.2 Å². The van der Waals surface area contributed by atoms with Gasteiger partial charge in [-0.05, 0) is 54.6 Å². The fourth-order valence-corrected chi connectivity index (χ4v) is 3.13. The Morgan fingerprint density at radius 2 is 1.57 bits per heavy atom. The largest absolute Gasteiger partial charge is 0.482 e. The smallest absolute Gasteiger partial charge is 0.262 e. The van der Waals surface area contributed by atoms with Crippen LogP contribution >= 0.6 is 23.2 Å². The van der Waals surface area contributed by atoms with E-state index in [4.69, 9.17) is 32.4 Å². The lowest BCUT2D eigenvalue weighted by atomic mass is 10.2. The minimum Gasteiger partial charge on any atom is -0.482 e. The lowest BCUT2D eigenvalue weighted by molar-refractivity contribution is -0.118.